The highest BCUT2D eigenvalue weighted by Gasteiger charge is 2.65. The highest BCUT2D eigenvalue weighted by atomic mass is 19.1. The zero-order chi connectivity index (χ0) is 29.4. The topological polar surface area (TPSA) is 154 Å². The van der Waals surface area contributed by atoms with Crippen LogP contribution in [0.5, 0.6) is 5.75 Å². The van der Waals surface area contributed by atoms with Crippen LogP contribution in [0.2, 0.25) is 0 Å². The smallest absolute Gasteiger partial charge is 0.407 e. The minimum absolute atomic E-state index is 0.0626. The SMILES string of the molecule is COC(=O)N[C@H](C(=O)N1CC2CC[C@@H](F)C[C@@H]2[C@H]1C(=O)N1C[C@@]2(C[C@H]1C#N)Oc1cccnc1NC2=O)C12CC(C1)C2. The molecule has 0 aromatic carbocycles. The van der Waals surface area contributed by atoms with Gasteiger partial charge in [0.2, 0.25) is 17.4 Å². The number of amides is 4. The third-order valence-corrected chi connectivity index (χ3v) is 10.6. The molecule has 6 fully saturated rings. The van der Waals surface area contributed by atoms with Crippen molar-refractivity contribution in [3.8, 4) is 11.8 Å². The number of nitriles is 1. The maximum atomic E-state index is 14.8. The number of nitrogens with one attached hydrogen (secondary N) is 2. The summed E-state index contributed by atoms with van der Waals surface area (Å²) < 4.78 is 25.7. The number of hydrogen-bond acceptors (Lipinski definition) is 8. The predicted molar refractivity (Wildman–Crippen MR) is 142 cm³/mol. The van der Waals surface area contributed by atoms with Crippen LogP contribution in [0.1, 0.15) is 44.9 Å². The number of alkyl carbamates (subject to hydrolysis) is 1. The summed E-state index contributed by atoms with van der Waals surface area (Å²) in [5.41, 5.74) is -1.88. The van der Waals surface area contributed by atoms with E-state index < -0.39 is 53.7 Å². The van der Waals surface area contributed by atoms with Gasteiger partial charge in [-0.05, 0) is 68.4 Å². The third-order valence-electron chi connectivity index (χ3n) is 10.6. The van der Waals surface area contributed by atoms with Crippen molar-refractivity contribution in [1.82, 2.24) is 20.1 Å². The van der Waals surface area contributed by atoms with Gasteiger partial charge in [0.05, 0.1) is 19.7 Å². The lowest BCUT2D eigenvalue weighted by molar-refractivity contribution is -0.167. The van der Waals surface area contributed by atoms with E-state index in [2.05, 4.69) is 21.7 Å². The van der Waals surface area contributed by atoms with E-state index in [1.54, 1.807) is 12.1 Å². The third kappa shape index (κ3) is 3.94. The Morgan fingerprint density at radius 3 is 2.74 bits per heavy atom. The molecular formula is C29H33FN6O6. The summed E-state index contributed by atoms with van der Waals surface area (Å²) in [6, 6.07) is 2.57. The summed E-state index contributed by atoms with van der Waals surface area (Å²) in [7, 11) is 1.24. The van der Waals surface area contributed by atoms with E-state index in [0.29, 0.717) is 24.5 Å². The first-order valence-corrected chi connectivity index (χ1v) is 14.6. The highest BCUT2D eigenvalue weighted by Crippen LogP contribution is 2.66. The molecule has 7 aliphatic rings. The zero-order valence-electron chi connectivity index (χ0n) is 23.3. The molecule has 1 spiro atoms. The Kier molecular flexibility index (Phi) is 6.11. The minimum Gasteiger partial charge on any atom is -0.472 e. The summed E-state index contributed by atoms with van der Waals surface area (Å²) >= 11 is 0. The number of nitrogens with zero attached hydrogens (tertiary/aromatic N) is 4. The van der Waals surface area contributed by atoms with Crippen LogP contribution in [0.4, 0.5) is 15.0 Å². The van der Waals surface area contributed by atoms with Gasteiger partial charge in [0.25, 0.3) is 5.91 Å². The van der Waals surface area contributed by atoms with Crippen molar-refractivity contribution in [1.29, 1.82) is 5.26 Å². The average molecular weight is 581 g/mol. The fourth-order valence-corrected chi connectivity index (χ4v) is 8.36. The lowest BCUT2D eigenvalue weighted by atomic mass is 9.41. The molecular weight excluding hydrogens is 547 g/mol. The van der Waals surface area contributed by atoms with E-state index >= 15 is 0 Å². The maximum Gasteiger partial charge on any atom is 0.407 e. The van der Waals surface area contributed by atoms with Crippen molar-refractivity contribution in [2.24, 2.45) is 23.2 Å². The molecule has 2 N–H and O–H groups in total. The lowest BCUT2D eigenvalue weighted by Gasteiger charge is -2.64. The van der Waals surface area contributed by atoms with Gasteiger partial charge in [-0.2, -0.15) is 5.26 Å². The highest BCUT2D eigenvalue weighted by molar-refractivity contribution is 6.01. The molecule has 3 aliphatic heterocycles. The fraction of sp³-hybridized carbons (Fsp3) is 0.655. The summed E-state index contributed by atoms with van der Waals surface area (Å²) in [6.45, 7) is 0.0619. The number of pyridine rings is 1. The number of fused-ring (bicyclic) bond motifs is 2. The number of aromatic nitrogens is 1. The Labute approximate surface area is 241 Å². The second-order valence-corrected chi connectivity index (χ2v) is 12.9. The van der Waals surface area contributed by atoms with Gasteiger partial charge in [0.15, 0.2) is 11.6 Å². The first kappa shape index (κ1) is 26.9. The Balaban J connectivity index is 1.20. The van der Waals surface area contributed by atoms with Crippen LogP contribution >= 0.6 is 0 Å². The van der Waals surface area contributed by atoms with E-state index in [9.17, 15) is 28.8 Å². The van der Waals surface area contributed by atoms with Crippen molar-refractivity contribution in [2.75, 3.05) is 25.5 Å². The number of rotatable bonds is 4. The van der Waals surface area contributed by atoms with Gasteiger partial charge < -0.3 is 29.9 Å². The largest absolute Gasteiger partial charge is 0.472 e. The van der Waals surface area contributed by atoms with Crippen molar-refractivity contribution in [3.05, 3.63) is 18.3 Å². The summed E-state index contributed by atoms with van der Waals surface area (Å²) in [5.74, 6) is -0.796. The van der Waals surface area contributed by atoms with Crippen LogP contribution in [0, 0.1) is 34.5 Å². The predicted octanol–water partition coefficient (Wildman–Crippen LogP) is 1.77. The van der Waals surface area contributed by atoms with Gasteiger partial charge in [-0.15, -0.1) is 0 Å². The second kappa shape index (κ2) is 9.54. The Bertz CT molecular complexity index is 1380. The normalized spacial score (nSPS) is 38.1. The van der Waals surface area contributed by atoms with Gasteiger partial charge in [-0.25, -0.2) is 14.2 Å². The first-order valence-electron chi connectivity index (χ1n) is 14.6. The molecule has 2 saturated heterocycles. The van der Waals surface area contributed by atoms with E-state index in [4.69, 9.17) is 9.47 Å². The second-order valence-electron chi connectivity index (χ2n) is 12.9. The number of methoxy groups -OCH3 is 1. The van der Waals surface area contributed by atoms with Gasteiger partial charge in [0, 0.05) is 24.6 Å². The molecule has 222 valence electrons. The molecule has 4 saturated carbocycles. The van der Waals surface area contributed by atoms with E-state index in [1.807, 2.05) is 0 Å². The number of carbonyl (C=O) groups is 4. The van der Waals surface area contributed by atoms with Crippen LogP contribution in [-0.4, -0.2) is 88.7 Å². The number of hydrogen-bond donors (Lipinski definition) is 2. The van der Waals surface area contributed by atoms with Gasteiger partial charge in [0.1, 0.15) is 24.3 Å². The Hall–Kier alpha value is -3.95. The molecule has 1 aromatic heterocycles. The van der Waals surface area contributed by atoms with Crippen LogP contribution < -0.4 is 15.4 Å². The summed E-state index contributed by atoms with van der Waals surface area (Å²) in [4.78, 5) is 61.3. The number of carbonyl (C=O) groups excluding carboxylic acids is 4. The standard InChI is InChI=1S/C29H33FN6O6/c1-41-27(40)33-22(28-8-15(9-28)10-28)25(38)35-13-16-4-5-17(30)7-19(16)21(35)24(37)36-14-29(11-18(36)12-31)26(39)34-23-20(42-29)3-2-6-32-23/h2-3,6,15-19,21-22H,4-5,7-11,13-14H2,1H3,(H,33,40)(H,32,34,39)/t15?,16?,17-,18+,19+,21+,22-,28?,29-/m1/s1. The van der Waals surface area contributed by atoms with Crippen molar-refractivity contribution >= 4 is 29.6 Å². The van der Waals surface area contributed by atoms with Crippen molar-refractivity contribution < 1.29 is 33.0 Å². The Morgan fingerprint density at radius 1 is 1.26 bits per heavy atom. The molecule has 7 atom stereocenters. The van der Waals surface area contributed by atoms with Crippen molar-refractivity contribution in [2.45, 2.75) is 74.8 Å². The zero-order valence-corrected chi connectivity index (χ0v) is 23.3. The monoisotopic (exact) mass is 580 g/mol. The van der Waals surface area contributed by atoms with Crippen LogP contribution in [0.3, 0.4) is 0 Å². The average Bonchev–Trinajstić information content (AvgIpc) is 3.49. The van der Waals surface area contributed by atoms with Gasteiger partial charge >= 0.3 is 6.09 Å². The van der Waals surface area contributed by atoms with E-state index in [-0.39, 0.29) is 49.0 Å². The quantitative estimate of drug-likeness (QED) is 0.546. The molecule has 2 bridgehead atoms. The molecule has 4 amide bonds. The molecule has 12 nitrogen and oxygen atoms in total. The number of anilines is 1. The van der Waals surface area contributed by atoms with Gasteiger partial charge in [-0.1, -0.05) is 0 Å². The molecule has 4 heterocycles. The molecule has 13 heteroatoms. The molecule has 8 rings (SSSR count). The minimum atomic E-state index is -1.51. The summed E-state index contributed by atoms with van der Waals surface area (Å²) in [6.07, 6.45) is 3.08. The van der Waals surface area contributed by atoms with Crippen LogP contribution in [0.25, 0.3) is 0 Å². The number of halogens is 1. The molecule has 42 heavy (non-hydrogen) atoms. The van der Waals surface area contributed by atoms with E-state index in [0.717, 1.165) is 19.3 Å². The molecule has 1 aromatic rings. The van der Waals surface area contributed by atoms with Gasteiger partial charge in [-0.3, -0.25) is 14.4 Å². The lowest BCUT2D eigenvalue weighted by Crippen LogP contribution is -2.69. The maximum absolute atomic E-state index is 14.8. The van der Waals surface area contributed by atoms with E-state index in [1.165, 1.54) is 23.1 Å². The number of alkyl halides is 1. The van der Waals surface area contributed by atoms with Crippen molar-refractivity contribution in [3.63, 3.8) is 0 Å². The van der Waals surface area contributed by atoms with Crippen LogP contribution in [0.15, 0.2) is 18.3 Å². The molecule has 4 aliphatic carbocycles. The number of likely N-dealkylation sites (tertiary alicyclic amines) is 2. The van der Waals surface area contributed by atoms with Crippen LogP contribution in [-0.2, 0) is 19.1 Å². The fourth-order valence-electron chi connectivity index (χ4n) is 8.36. The molecule has 1 unspecified atom stereocenters. The Morgan fingerprint density at radius 2 is 2.05 bits per heavy atom. The first-order chi connectivity index (χ1) is 20.2. The summed E-state index contributed by atoms with van der Waals surface area (Å²) in [5, 5.41) is 15.6. The molecule has 0 radical (unpaired) electrons. The number of ether oxygens (including phenoxy) is 2.